The molecule has 0 fully saturated rings. The van der Waals surface area contributed by atoms with Gasteiger partial charge < -0.3 is 4.90 Å². The first kappa shape index (κ1) is 23.2. The molecule has 1 atom stereocenters. The number of carbonyl (C=O) groups is 1. The zero-order valence-corrected chi connectivity index (χ0v) is 20.7. The van der Waals surface area contributed by atoms with Crippen LogP contribution in [0.15, 0.2) is 87.6 Å². The number of benzene rings is 3. The van der Waals surface area contributed by atoms with Crippen LogP contribution in [0, 0.1) is 11.3 Å². The van der Waals surface area contributed by atoms with Crippen molar-refractivity contribution >= 4 is 46.0 Å². The van der Waals surface area contributed by atoms with Crippen LogP contribution >= 0.6 is 23.5 Å². The predicted molar refractivity (Wildman–Crippen MR) is 142 cm³/mol. The zero-order chi connectivity index (χ0) is 24.4. The lowest BCUT2D eigenvalue weighted by Crippen LogP contribution is -2.34. The minimum absolute atomic E-state index is 0.0223. The first-order valence-electron chi connectivity index (χ1n) is 11.3. The molecular weight excluding hydrogens is 476 g/mol. The molecule has 0 radical (unpaired) electrons. The van der Waals surface area contributed by atoms with Gasteiger partial charge in [-0.3, -0.25) is 14.2 Å². The van der Waals surface area contributed by atoms with Gasteiger partial charge in [-0.25, -0.2) is 4.98 Å². The number of hydrogen-bond acceptors (Lipinski definition) is 6. The van der Waals surface area contributed by atoms with Gasteiger partial charge in [0, 0.05) is 16.7 Å². The molecule has 174 valence electrons. The molecule has 0 saturated heterocycles. The van der Waals surface area contributed by atoms with Gasteiger partial charge in [-0.05, 0) is 55.0 Å². The molecule has 4 aromatic rings. The van der Waals surface area contributed by atoms with Gasteiger partial charge in [0.1, 0.15) is 0 Å². The molecule has 0 aliphatic carbocycles. The van der Waals surface area contributed by atoms with Crippen molar-refractivity contribution in [2.75, 3.05) is 17.2 Å². The van der Waals surface area contributed by atoms with Crippen LogP contribution in [0.1, 0.15) is 18.9 Å². The number of aromatic nitrogens is 2. The molecule has 8 heteroatoms. The third kappa shape index (κ3) is 4.70. The van der Waals surface area contributed by atoms with Crippen molar-refractivity contribution in [3.63, 3.8) is 0 Å². The van der Waals surface area contributed by atoms with Crippen LogP contribution in [-0.2, 0) is 4.79 Å². The maximum Gasteiger partial charge on any atom is 0.266 e. The molecule has 0 spiro atoms. The fraction of sp³-hybridized carbons (Fsp3) is 0.185. The van der Waals surface area contributed by atoms with Gasteiger partial charge in [-0.2, -0.15) is 5.26 Å². The number of nitrogens with zero attached hydrogens (tertiary/aromatic N) is 4. The lowest BCUT2D eigenvalue weighted by Gasteiger charge is -2.22. The van der Waals surface area contributed by atoms with Crippen molar-refractivity contribution in [2.24, 2.45) is 0 Å². The van der Waals surface area contributed by atoms with E-state index in [1.165, 1.54) is 16.3 Å². The first-order valence-corrected chi connectivity index (χ1v) is 13.1. The third-order valence-electron chi connectivity index (χ3n) is 5.87. The summed E-state index contributed by atoms with van der Waals surface area (Å²) >= 11 is 3.05. The third-order valence-corrected chi connectivity index (χ3v) is 8.03. The van der Waals surface area contributed by atoms with Crippen molar-refractivity contribution in [1.82, 2.24) is 9.55 Å². The summed E-state index contributed by atoms with van der Waals surface area (Å²) in [5.41, 5.74) is 2.42. The number of thioether (sulfide) groups is 2. The van der Waals surface area contributed by atoms with E-state index in [0.29, 0.717) is 39.1 Å². The van der Waals surface area contributed by atoms with E-state index in [9.17, 15) is 9.59 Å². The second-order valence-electron chi connectivity index (χ2n) is 8.23. The van der Waals surface area contributed by atoms with E-state index in [4.69, 9.17) is 10.2 Å². The van der Waals surface area contributed by atoms with Crippen LogP contribution < -0.4 is 10.5 Å². The van der Waals surface area contributed by atoms with Crippen LogP contribution in [0.25, 0.3) is 16.6 Å². The monoisotopic (exact) mass is 498 g/mol. The zero-order valence-electron chi connectivity index (χ0n) is 19.0. The predicted octanol–water partition coefficient (Wildman–Crippen LogP) is 5.27. The molecule has 2 heterocycles. The topological polar surface area (TPSA) is 79.0 Å². The van der Waals surface area contributed by atoms with Crippen LogP contribution in [0.2, 0.25) is 0 Å². The van der Waals surface area contributed by atoms with Gasteiger partial charge in [0.2, 0.25) is 5.91 Å². The molecule has 0 N–H and O–H groups in total. The Balaban J connectivity index is 1.50. The summed E-state index contributed by atoms with van der Waals surface area (Å²) in [7, 11) is 0. The molecular formula is C27H22N4O2S2. The molecule has 0 bridgehead atoms. The Morgan fingerprint density at radius 2 is 1.86 bits per heavy atom. The van der Waals surface area contributed by atoms with Crippen molar-refractivity contribution in [3.8, 4) is 11.8 Å². The Hall–Kier alpha value is -3.54. The number of fused-ring (bicyclic) bond motifs is 2. The Labute approximate surface area is 211 Å². The average molecular weight is 499 g/mol. The molecule has 0 unspecified atom stereocenters. The first-order chi connectivity index (χ1) is 17.0. The number of carbonyl (C=O) groups excluding carboxylic acids is 1. The molecule has 1 aromatic heterocycles. The molecule has 5 rings (SSSR count). The maximum absolute atomic E-state index is 13.4. The van der Waals surface area contributed by atoms with Gasteiger partial charge in [-0.15, -0.1) is 11.8 Å². The summed E-state index contributed by atoms with van der Waals surface area (Å²) in [5.74, 6) is 0.125. The summed E-state index contributed by atoms with van der Waals surface area (Å²) < 4.78 is 1.52. The number of amides is 1. The lowest BCUT2D eigenvalue weighted by atomic mass is 10.2. The van der Waals surface area contributed by atoms with E-state index < -0.39 is 0 Å². The fourth-order valence-electron chi connectivity index (χ4n) is 4.07. The Bertz CT molecular complexity index is 1510. The van der Waals surface area contributed by atoms with Crippen LogP contribution in [0.3, 0.4) is 0 Å². The van der Waals surface area contributed by atoms with Gasteiger partial charge in [0.05, 0.1) is 39.7 Å². The SMILES string of the molecule is C[C@@H]1CCN(C(=O)CSc2nc3ccccc3c(=O)n2-c2ccc(C#N)cc2)c2ccccc2S1. The van der Waals surface area contributed by atoms with Crippen LogP contribution in [0.5, 0.6) is 0 Å². The standard InChI is InChI=1S/C27H22N4O2S2/c1-18-14-15-30(23-8-4-5-9-24(23)35-18)25(32)17-34-27-29-22-7-3-2-6-21(22)26(33)31(27)20-12-10-19(16-28)11-13-20/h2-13,18H,14-15,17H2,1H3/t18-/m1/s1. The highest BCUT2D eigenvalue weighted by Gasteiger charge is 2.25. The van der Waals surface area contributed by atoms with E-state index in [1.807, 2.05) is 29.2 Å². The van der Waals surface area contributed by atoms with Crippen LogP contribution in [0.4, 0.5) is 5.69 Å². The number of para-hydroxylation sites is 2. The summed E-state index contributed by atoms with van der Waals surface area (Å²) in [6.45, 7) is 2.83. The van der Waals surface area contributed by atoms with Crippen molar-refractivity contribution in [2.45, 2.75) is 28.6 Å². The molecule has 1 aliphatic heterocycles. The van der Waals surface area contributed by atoms with Gasteiger partial charge in [-0.1, -0.05) is 43.0 Å². The number of hydrogen-bond donors (Lipinski definition) is 0. The summed E-state index contributed by atoms with van der Waals surface area (Å²) in [4.78, 5) is 34.6. The van der Waals surface area contributed by atoms with Gasteiger partial charge in [0.25, 0.3) is 5.56 Å². The minimum atomic E-state index is -0.208. The summed E-state index contributed by atoms with van der Waals surface area (Å²) in [6.07, 6.45) is 0.903. The lowest BCUT2D eigenvalue weighted by molar-refractivity contribution is -0.116. The van der Waals surface area contributed by atoms with E-state index in [0.717, 1.165) is 17.0 Å². The largest absolute Gasteiger partial charge is 0.311 e. The number of rotatable bonds is 4. The highest BCUT2D eigenvalue weighted by atomic mass is 32.2. The molecule has 1 amide bonds. The Kier molecular flexibility index (Phi) is 6.62. The molecule has 35 heavy (non-hydrogen) atoms. The molecule has 1 aliphatic rings. The van der Waals surface area contributed by atoms with E-state index >= 15 is 0 Å². The van der Waals surface area contributed by atoms with Gasteiger partial charge >= 0.3 is 0 Å². The van der Waals surface area contributed by atoms with Crippen molar-refractivity contribution < 1.29 is 4.79 Å². The highest BCUT2D eigenvalue weighted by Crippen LogP contribution is 2.37. The molecule has 0 saturated carbocycles. The Morgan fingerprint density at radius 1 is 1.11 bits per heavy atom. The average Bonchev–Trinajstić information content (AvgIpc) is 3.05. The number of anilines is 1. The van der Waals surface area contributed by atoms with E-state index in [1.54, 1.807) is 54.2 Å². The van der Waals surface area contributed by atoms with Crippen molar-refractivity contribution in [3.05, 3.63) is 88.7 Å². The number of nitriles is 1. The summed E-state index contributed by atoms with van der Waals surface area (Å²) in [5, 5.41) is 10.5. The smallest absolute Gasteiger partial charge is 0.266 e. The second kappa shape index (κ2) is 9.98. The summed E-state index contributed by atoms with van der Waals surface area (Å²) in [6, 6.07) is 24.1. The van der Waals surface area contributed by atoms with Crippen molar-refractivity contribution in [1.29, 1.82) is 5.26 Å². The normalized spacial score (nSPS) is 15.3. The minimum Gasteiger partial charge on any atom is -0.311 e. The maximum atomic E-state index is 13.4. The Morgan fingerprint density at radius 3 is 2.66 bits per heavy atom. The fourth-order valence-corrected chi connectivity index (χ4v) is 6.07. The van der Waals surface area contributed by atoms with Crippen LogP contribution in [-0.4, -0.2) is 33.0 Å². The highest BCUT2D eigenvalue weighted by molar-refractivity contribution is 8.00. The molecule has 6 nitrogen and oxygen atoms in total. The molecule has 3 aromatic carbocycles. The van der Waals surface area contributed by atoms with E-state index in [2.05, 4.69) is 19.1 Å². The van der Waals surface area contributed by atoms with E-state index in [-0.39, 0.29) is 17.2 Å². The quantitative estimate of drug-likeness (QED) is 0.282. The second-order valence-corrected chi connectivity index (χ2v) is 10.7. The van der Waals surface area contributed by atoms with Gasteiger partial charge in [0.15, 0.2) is 5.16 Å².